The van der Waals surface area contributed by atoms with Gasteiger partial charge in [-0.3, -0.25) is 24.8 Å². The lowest BCUT2D eigenvalue weighted by atomic mass is 9.73. The van der Waals surface area contributed by atoms with Gasteiger partial charge in [0.1, 0.15) is 5.82 Å². The number of rotatable bonds is 5. The molecule has 0 unspecified atom stereocenters. The molecule has 1 aromatic carbocycles. The first-order chi connectivity index (χ1) is 16.0. The summed E-state index contributed by atoms with van der Waals surface area (Å²) in [4.78, 5) is 30.3. The van der Waals surface area contributed by atoms with E-state index >= 15 is 0 Å². The van der Waals surface area contributed by atoms with Gasteiger partial charge in [-0.25, -0.2) is 0 Å². The predicted molar refractivity (Wildman–Crippen MR) is 121 cm³/mol. The van der Waals surface area contributed by atoms with Crippen molar-refractivity contribution in [2.75, 3.05) is 26.6 Å². The van der Waals surface area contributed by atoms with E-state index in [0.717, 1.165) is 16.8 Å². The highest BCUT2D eigenvalue weighted by Crippen LogP contribution is 2.48. The van der Waals surface area contributed by atoms with Gasteiger partial charge < -0.3 is 19.5 Å². The monoisotopic (exact) mass is 448 g/mol. The average molecular weight is 448 g/mol. The van der Waals surface area contributed by atoms with Crippen LogP contribution in [0.25, 0.3) is 0 Å². The minimum Gasteiger partial charge on any atom is -0.493 e. The number of nitrogens with zero attached hydrogens (tertiary/aromatic N) is 1. The van der Waals surface area contributed by atoms with E-state index in [2.05, 4.69) is 20.5 Å². The second kappa shape index (κ2) is 8.16. The van der Waals surface area contributed by atoms with Crippen molar-refractivity contribution in [2.24, 2.45) is 0 Å². The van der Waals surface area contributed by atoms with Crippen LogP contribution in [0.1, 0.15) is 41.4 Å². The average Bonchev–Trinajstić information content (AvgIpc) is 3.22. The Morgan fingerprint density at radius 3 is 2.36 bits per heavy atom. The van der Waals surface area contributed by atoms with Gasteiger partial charge in [-0.1, -0.05) is 6.07 Å². The first kappa shape index (κ1) is 20.9. The molecule has 2 aromatic heterocycles. The third-order valence-electron chi connectivity index (χ3n) is 6.35. The first-order valence-electron chi connectivity index (χ1n) is 10.6. The second-order valence-electron chi connectivity index (χ2n) is 8.09. The molecule has 9 heteroatoms. The number of aromatic nitrogens is 3. The molecule has 1 aliphatic carbocycles. The third-order valence-corrected chi connectivity index (χ3v) is 6.35. The van der Waals surface area contributed by atoms with Crippen molar-refractivity contribution in [3.63, 3.8) is 0 Å². The molecule has 0 saturated heterocycles. The summed E-state index contributed by atoms with van der Waals surface area (Å²) in [6.07, 6.45) is 4.26. The number of hydrogen-bond acceptors (Lipinski definition) is 7. The molecule has 3 heterocycles. The highest BCUT2D eigenvalue weighted by Gasteiger charge is 2.40. The van der Waals surface area contributed by atoms with Crippen LogP contribution >= 0.6 is 0 Å². The van der Waals surface area contributed by atoms with Crippen molar-refractivity contribution in [2.45, 2.75) is 24.7 Å². The molecule has 1 aliphatic heterocycles. The van der Waals surface area contributed by atoms with Crippen molar-refractivity contribution in [1.82, 2.24) is 15.2 Å². The summed E-state index contributed by atoms with van der Waals surface area (Å²) in [6, 6.07) is 7.47. The summed E-state index contributed by atoms with van der Waals surface area (Å²) < 4.78 is 16.4. The van der Waals surface area contributed by atoms with Gasteiger partial charge in [-0.05, 0) is 41.7 Å². The molecule has 2 atom stereocenters. The van der Waals surface area contributed by atoms with Gasteiger partial charge in [-0.15, -0.1) is 0 Å². The fraction of sp³-hybridized carbons (Fsp3) is 0.292. The summed E-state index contributed by atoms with van der Waals surface area (Å²) in [6.45, 7) is 0. The zero-order chi connectivity index (χ0) is 23.1. The van der Waals surface area contributed by atoms with E-state index in [9.17, 15) is 9.59 Å². The van der Waals surface area contributed by atoms with Crippen molar-refractivity contribution in [1.29, 1.82) is 0 Å². The first-order valence-corrected chi connectivity index (χ1v) is 10.6. The summed E-state index contributed by atoms with van der Waals surface area (Å²) in [7, 11) is 4.69. The van der Waals surface area contributed by atoms with E-state index in [4.69, 9.17) is 14.2 Å². The number of ether oxygens (including phenoxy) is 3. The quantitative estimate of drug-likeness (QED) is 0.549. The number of carbonyl (C=O) groups excluding carboxylic acids is 1. The van der Waals surface area contributed by atoms with Crippen LogP contribution in [0.3, 0.4) is 0 Å². The van der Waals surface area contributed by atoms with Gasteiger partial charge in [0.05, 0.1) is 26.9 Å². The molecular weight excluding hydrogens is 424 g/mol. The number of allylic oxidation sites excluding steroid dienone is 2. The third kappa shape index (κ3) is 3.36. The van der Waals surface area contributed by atoms with Gasteiger partial charge in [0.15, 0.2) is 17.3 Å². The lowest BCUT2D eigenvalue weighted by Gasteiger charge is -2.34. The summed E-state index contributed by atoms with van der Waals surface area (Å²) >= 11 is 0. The summed E-state index contributed by atoms with van der Waals surface area (Å²) in [5, 5.41) is 8.84. The molecule has 3 N–H and O–H groups in total. The molecule has 170 valence electrons. The zero-order valence-electron chi connectivity index (χ0n) is 18.5. The van der Waals surface area contributed by atoms with E-state index in [1.165, 1.54) is 0 Å². The number of nitrogens with one attached hydrogen (secondary N) is 3. The Balaban J connectivity index is 1.59. The zero-order valence-corrected chi connectivity index (χ0v) is 18.5. The lowest BCUT2D eigenvalue weighted by molar-refractivity contribution is -0.116. The van der Waals surface area contributed by atoms with Crippen LogP contribution in [0.2, 0.25) is 0 Å². The molecule has 0 spiro atoms. The Hall–Kier alpha value is -4.01. The predicted octanol–water partition coefficient (Wildman–Crippen LogP) is 3.08. The molecule has 0 saturated carbocycles. The summed E-state index contributed by atoms with van der Waals surface area (Å²) in [5.41, 5.74) is 3.37. The minimum atomic E-state index is -0.478. The molecule has 5 rings (SSSR count). The number of hydrogen-bond donors (Lipinski definition) is 3. The number of fused-ring (bicyclic) bond motifs is 1. The Morgan fingerprint density at radius 2 is 1.73 bits per heavy atom. The van der Waals surface area contributed by atoms with Gasteiger partial charge in [0, 0.05) is 36.0 Å². The largest absolute Gasteiger partial charge is 0.493 e. The molecule has 9 nitrogen and oxygen atoms in total. The highest BCUT2D eigenvalue weighted by molar-refractivity contribution is 6.01. The molecular formula is C24H24N4O5. The minimum absolute atomic E-state index is 0.0115. The van der Waals surface area contributed by atoms with Crippen molar-refractivity contribution in [3.8, 4) is 17.2 Å². The number of H-pyrrole nitrogens is 2. The van der Waals surface area contributed by atoms with E-state index in [-0.39, 0.29) is 17.3 Å². The number of ketones is 1. The fourth-order valence-corrected chi connectivity index (χ4v) is 4.87. The number of Topliss-reactive ketones (excluding diaryl/α,β-unsaturated/α-hetero) is 1. The van der Waals surface area contributed by atoms with Crippen LogP contribution in [-0.2, 0) is 4.79 Å². The lowest BCUT2D eigenvalue weighted by Crippen LogP contribution is -2.31. The number of carbonyl (C=O) groups is 1. The van der Waals surface area contributed by atoms with Gasteiger partial charge in [0.2, 0.25) is 5.75 Å². The smallest absolute Gasteiger partial charge is 0.270 e. The maximum Gasteiger partial charge on any atom is 0.270 e. The fourth-order valence-electron chi connectivity index (χ4n) is 4.87. The van der Waals surface area contributed by atoms with Crippen LogP contribution in [0.4, 0.5) is 5.82 Å². The second-order valence-corrected chi connectivity index (χ2v) is 8.09. The van der Waals surface area contributed by atoms with Gasteiger partial charge >= 0.3 is 0 Å². The number of methoxy groups -OCH3 is 3. The van der Waals surface area contributed by atoms with E-state index in [1.54, 1.807) is 33.7 Å². The van der Waals surface area contributed by atoms with Crippen molar-refractivity contribution >= 4 is 11.6 Å². The Morgan fingerprint density at radius 1 is 0.970 bits per heavy atom. The number of pyridine rings is 1. The topological polar surface area (TPSA) is 118 Å². The molecule has 0 fully saturated rings. The molecule has 0 radical (unpaired) electrons. The molecule has 2 aliphatic rings. The van der Waals surface area contributed by atoms with Crippen molar-refractivity contribution < 1.29 is 19.0 Å². The molecule has 3 aromatic rings. The molecule has 0 amide bonds. The Labute approximate surface area is 189 Å². The number of aromatic amines is 2. The highest BCUT2D eigenvalue weighted by atomic mass is 16.5. The van der Waals surface area contributed by atoms with E-state index in [0.29, 0.717) is 47.0 Å². The maximum absolute atomic E-state index is 13.5. The Kier molecular flexibility index (Phi) is 5.16. The number of benzene rings is 1. The molecule has 0 bridgehead atoms. The Bertz CT molecular complexity index is 1280. The van der Waals surface area contributed by atoms with Crippen LogP contribution in [0.15, 0.2) is 52.7 Å². The number of anilines is 1. The van der Waals surface area contributed by atoms with E-state index in [1.807, 2.05) is 24.3 Å². The molecule has 33 heavy (non-hydrogen) atoms. The SMILES string of the molecule is COc1cc([C@@H]2CC(=O)C3=C(C2)Nc2[nH][nH]c(=O)c2[C@H]3c2cccnc2)cc(OC)c1OC. The van der Waals surface area contributed by atoms with Crippen molar-refractivity contribution in [3.05, 3.63) is 75.0 Å². The van der Waals surface area contributed by atoms with Gasteiger partial charge in [0.25, 0.3) is 5.56 Å². The van der Waals surface area contributed by atoms with Crippen LogP contribution in [0.5, 0.6) is 17.2 Å². The van der Waals surface area contributed by atoms with Crippen LogP contribution in [0, 0.1) is 0 Å². The van der Waals surface area contributed by atoms with E-state index < -0.39 is 5.92 Å². The van der Waals surface area contributed by atoms with Crippen LogP contribution in [-0.4, -0.2) is 42.3 Å². The standard InChI is InChI=1S/C24H24N4O5/c1-31-17-9-14(10-18(32-2)22(17)33-3)13-7-15-20(16(29)8-13)19(12-5-4-6-25-11-12)21-23(26-15)27-28-24(21)30/h4-6,9-11,13,19H,7-8H2,1-3H3,(H3,26,27,28,30)/t13-,19-/m0/s1. The van der Waals surface area contributed by atoms with Gasteiger partial charge in [-0.2, -0.15) is 0 Å². The van der Waals surface area contributed by atoms with Crippen LogP contribution < -0.4 is 25.1 Å². The normalized spacial score (nSPS) is 19.4. The summed E-state index contributed by atoms with van der Waals surface area (Å²) in [5.74, 6) is 1.58. The maximum atomic E-state index is 13.5.